The molecular formula is C26H36N6O4. The third kappa shape index (κ3) is 5.75. The quantitative estimate of drug-likeness (QED) is 0.487. The zero-order valence-corrected chi connectivity index (χ0v) is 21.6. The minimum absolute atomic E-state index is 0.0408. The molecule has 2 heterocycles. The van der Waals surface area contributed by atoms with Crippen LogP contribution in [0.1, 0.15) is 69.9 Å². The van der Waals surface area contributed by atoms with Gasteiger partial charge in [-0.15, -0.1) is 0 Å². The Labute approximate surface area is 210 Å². The summed E-state index contributed by atoms with van der Waals surface area (Å²) < 4.78 is 1.30. The number of nitrogens with two attached hydrogens (primary N) is 1. The zero-order valence-electron chi connectivity index (χ0n) is 21.6. The van der Waals surface area contributed by atoms with Crippen molar-refractivity contribution in [3.8, 4) is 0 Å². The van der Waals surface area contributed by atoms with E-state index in [1.165, 1.54) is 14.5 Å². The minimum Gasteiger partial charge on any atom is -0.383 e. The summed E-state index contributed by atoms with van der Waals surface area (Å²) in [5, 5.41) is 5.72. The molecule has 194 valence electrons. The minimum atomic E-state index is -0.714. The number of aromatic nitrogens is 2. The lowest BCUT2D eigenvalue weighted by Crippen LogP contribution is -2.46. The molecule has 2 aromatic rings. The Morgan fingerprint density at radius 1 is 1.08 bits per heavy atom. The van der Waals surface area contributed by atoms with Gasteiger partial charge in [0.2, 0.25) is 5.91 Å². The van der Waals surface area contributed by atoms with Crippen LogP contribution in [-0.4, -0.2) is 33.6 Å². The third-order valence-corrected chi connectivity index (χ3v) is 6.32. The summed E-state index contributed by atoms with van der Waals surface area (Å²) in [5.74, 6) is -0.740. The summed E-state index contributed by atoms with van der Waals surface area (Å²) in [4.78, 5) is 55.5. The molecule has 36 heavy (non-hydrogen) atoms. The Hall–Kier alpha value is -3.69. The molecular weight excluding hydrogens is 460 g/mol. The van der Waals surface area contributed by atoms with Crippen LogP contribution >= 0.6 is 0 Å². The molecule has 3 N–H and O–H groups in total. The number of unbranched alkanes of at least 4 members (excludes halogenated alkanes) is 3. The van der Waals surface area contributed by atoms with Crippen LogP contribution in [-0.2, 0) is 16.1 Å². The van der Waals surface area contributed by atoms with Gasteiger partial charge in [-0.25, -0.2) is 9.80 Å². The molecule has 10 nitrogen and oxygen atoms in total. The molecule has 0 saturated carbocycles. The highest BCUT2D eigenvalue weighted by atomic mass is 16.2. The van der Waals surface area contributed by atoms with Gasteiger partial charge in [0.25, 0.3) is 11.5 Å². The van der Waals surface area contributed by atoms with E-state index in [1.807, 2.05) is 45.9 Å². The Morgan fingerprint density at radius 2 is 1.81 bits per heavy atom. The molecule has 0 bridgehead atoms. The number of carbonyl (C=O) groups is 2. The molecule has 1 aromatic carbocycles. The van der Waals surface area contributed by atoms with Gasteiger partial charge in [0.05, 0.1) is 5.69 Å². The second kappa shape index (κ2) is 11.8. The summed E-state index contributed by atoms with van der Waals surface area (Å²) in [7, 11) is 0. The van der Waals surface area contributed by atoms with Crippen molar-refractivity contribution >= 4 is 34.7 Å². The average Bonchev–Trinajstić information content (AvgIpc) is 2.84. The number of H-pyrrole nitrogens is 1. The van der Waals surface area contributed by atoms with Crippen molar-refractivity contribution in [3.63, 3.8) is 0 Å². The van der Waals surface area contributed by atoms with Crippen molar-refractivity contribution in [1.29, 1.82) is 0 Å². The summed E-state index contributed by atoms with van der Waals surface area (Å²) in [6.07, 6.45) is 4.19. The highest BCUT2D eigenvalue weighted by Gasteiger charge is 2.32. The third-order valence-electron chi connectivity index (χ3n) is 6.32. The van der Waals surface area contributed by atoms with E-state index >= 15 is 0 Å². The largest absolute Gasteiger partial charge is 0.383 e. The maximum atomic E-state index is 13.8. The van der Waals surface area contributed by atoms with Crippen molar-refractivity contribution in [2.24, 2.45) is 5.10 Å². The van der Waals surface area contributed by atoms with Gasteiger partial charge in [0.15, 0.2) is 5.69 Å². The fourth-order valence-corrected chi connectivity index (χ4v) is 4.21. The van der Waals surface area contributed by atoms with Gasteiger partial charge in [-0.1, -0.05) is 45.2 Å². The normalized spacial score (nSPS) is 13.6. The second-order valence-corrected chi connectivity index (χ2v) is 9.20. The average molecular weight is 497 g/mol. The molecule has 1 aromatic heterocycles. The number of benzene rings is 1. The van der Waals surface area contributed by atoms with Crippen molar-refractivity contribution in [2.45, 2.75) is 79.2 Å². The topological polar surface area (TPSA) is 134 Å². The van der Waals surface area contributed by atoms with Gasteiger partial charge in [-0.05, 0) is 43.9 Å². The monoisotopic (exact) mass is 496 g/mol. The summed E-state index contributed by atoms with van der Waals surface area (Å²) >= 11 is 0. The second-order valence-electron chi connectivity index (χ2n) is 9.20. The first kappa shape index (κ1) is 26.9. The highest BCUT2D eigenvalue weighted by molar-refractivity contribution is 6.45. The zero-order chi connectivity index (χ0) is 26.4. The van der Waals surface area contributed by atoms with Gasteiger partial charge in [0, 0.05) is 25.9 Å². The van der Waals surface area contributed by atoms with Crippen LogP contribution in [0.5, 0.6) is 0 Å². The number of aryl methyl sites for hydroxylation is 2. The number of hydrogen-bond acceptors (Lipinski definition) is 6. The molecule has 0 atom stereocenters. The van der Waals surface area contributed by atoms with E-state index in [1.54, 1.807) is 0 Å². The van der Waals surface area contributed by atoms with E-state index < -0.39 is 17.2 Å². The highest BCUT2D eigenvalue weighted by Crippen LogP contribution is 2.27. The van der Waals surface area contributed by atoms with Gasteiger partial charge < -0.3 is 5.73 Å². The van der Waals surface area contributed by atoms with E-state index in [0.29, 0.717) is 25.1 Å². The number of amides is 2. The van der Waals surface area contributed by atoms with Gasteiger partial charge >= 0.3 is 5.69 Å². The number of nitrogens with zero attached hydrogens (tertiary/aromatic N) is 4. The number of nitrogen functional groups attached to an aromatic ring is 1. The van der Waals surface area contributed by atoms with Crippen LogP contribution in [0.4, 0.5) is 17.2 Å². The molecule has 0 unspecified atom stereocenters. The van der Waals surface area contributed by atoms with Crippen LogP contribution in [0.25, 0.3) is 0 Å². The summed E-state index contributed by atoms with van der Waals surface area (Å²) in [5.41, 5.74) is 7.56. The van der Waals surface area contributed by atoms with E-state index in [0.717, 1.165) is 30.4 Å². The molecule has 2 amide bonds. The summed E-state index contributed by atoms with van der Waals surface area (Å²) in [6, 6.07) is 5.71. The molecule has 1 aliphatic heterocycles. The molecule has 1 aliphatic rings. The number of carbonyl (C=O) groups excluding carboxylic acids is 2. The van der Waals surface area contributed by atoms with Gasteiger partial charge in [-0.2, -0.15) is 5.10 Å². The fraction of sp³-hybridized carbons (Fsp3) is 0.500. The number of anilines is 3. The maximum Gasteiger partial charge on any atom is 0.330 e. The molecule has 0 fully saturated rings. The number of aromatic amines is 1. The number of hydrazone groups is 1. The van der Waals surface area contributed by atoms with Crippen LogP contribution in [0.15, 0.2) is 32.9 Å². The Bertz CT molecular complexity index is 1280. The molecule has 0 aliphatic carbocycles. The van der Waals surface area contributed by atoms with Crippen molar-refractivity contribution in [3.05, 3.63) is 50.2 Å². The Kier molecular flexibility index (Phi) is 8.84. The van der Waals surface area contributed by atoms with Crippen molar-refractivity contribution in [2.75, 3.05) is 22.2 Å². The predicted molar refractivity (Wildman–Crippen MR) is 143 cm³/mol. The van der Waals surface area contributed by atoms with Crippen LogP contribution in [0.3, 0.4) is 0 Å². The SMILES string of the molecule is CCCCCN(C(=O)C1=NN(c2cc(C)ccc2C)C(=O)CC1)c1c(N)n(CCCC)c(=O)[nH]c1=O. The van der Waals surface area contributed by atoms with Crippen LogP contribution in [0, 0.1) is 13.8 Å². The molecule has 10 heteroatoms. The van der Waals surface area contributed by atoms with E-state index in [4.69, 9.17) is 5.73 Å². The van der Waals surface area contributed by atoms with E-state index in [9.17, 15) is 19.2 Å². The first-order valence-corrected chi connectivity index (χ1v) is 12.6. The van der Waals surface area contributed by atoms with E-state index in [-0.39, 0.29) is 42.5 Å². The van der Waals surface area contributed by atoms with Gasteiger partial charge in [0.1, 0.15) is 11.5 Å². The Morgan fingerprint density at radius 3 is 2.50 bits per heavy atom. The maximum absolute atomic E-state index is 13.8. The predicted octanol–water partition coefficient (Wildman–Crippen LogP) is 3.24. The molecule has 0 radical (unpaired) electrons. The lowest BCUT2D eigenvalue weighted by molar-refractivity contribution is -0.118. The number of rotatable bonds is 10. The molecule has 0 spiro atoms. The van der Waals surface area contributed by atoms with Crippen molar-refractivity contribution in [1.82, 2.24) is 9.55 Å². The summed E-state index contributed by atoms with van der Waals surface area (Å²) in [6.45, 7) is 8.39. The smallest absolute Gasteiger partial charge is 0.330 e. The van der Waals surface area contributed by atoms with Crippen molar-refractivity contribution < 1.29 is 9.59 Å². The molecule has 0 saturated heterocycles. The number of nitrogens with one attached hydrogen (secondary N) is 1. The lowest BCUT2D eigenvalue weighted by Gasteiger charge is -2.29. The van der Waals surface area contributed by atoms with E-state index in [2.05, 4.69) is 10.1 Å². The Balaban J connectivity index is 2.08. The standard InChI is InChI=1S/C26H36N6O4/c1-5-7-9-15-30(22-23(27)31(14-8-6-2)26(36)28-24(22)34)25(35)19-12-13-21(33)32(29-19)20-16-17(3)10-11-18(20)4/h10-11,16H,5-9,12-15,27H2,1-4H3,(H,28,34,36). The van der Waals surface area contributed by atoms with Gasteiger partial charge in [-0.3, -0.25) is 28.8 Å². The fourth-order valence-electron chi connectivity index (χ4n) is 4.21. The number of hydrogen-bond donors (Lipinski definition) is 2. The van der Waals surface area contributed by atoms with Crippen LogP contribution < -0.4 is 26.9 Å². The lowest BCUT2D eigenvalue weighted by atomic mass is 10.1. The molecule has 3 rings (SSSR count). The first-order chi connectivity index (χ1) is 17.2. The first-order valence-electron chi connectivity index (χ1n) is 12.6. The van der Waals surface area contributed by atoms with Crippen LogP contribution in [0.2, 0.25) is 0 Å².